The Morgan fingerprint density at radius 1 is 1.31 bits per heavy atom. The number of rotatable bonds is 6. The molecule has 0 bridgehead atoms. The second kappa shape index (κ2) is 9.15. The Morgan fingerprint density at radius 2 is 2.00 bits per heavy atom. The number of amides is 1. The van der Waals surface area contributed by atoms with E-state index >= 15 is 0 Å². The fraction of sp³-hybridized carbons (Fsp3) is 0.364. The summed E-state index contributed by atoms with van der Waals surface area (Å²) in [6.45, 7) is 1.17. The molecule has 5 heteroatoms. The number of nitrogens with one attached hydrogen (secondary N) is 1. The van der Waals surface area contributed by atoms with Crippen LogP contribution in [0.1, 0.15) is 18.4 Å². The Bertz CT molecular complexity index is 293. The van der Waals surface area contributed by atoms with Crippen LogP contribution in [0.3, 0.4) is 0 Å². The van der Waals surface area contributed by atoms with Gasteiger partial charge in [0.25, 0.3) is 0 Å². The van der Waals surface area contributed by atoms with Crippen LogP contribution in [0.5, 0.6) is 0 Å². The van der Waals surface area contributed by atoms with E-state index in [0.29, 0.717) is 13.0 Å². The predicted octanol–water partition coefficient (Wildman–Crippen LogP) is -2.74. The molecule has 90 valence electrons. The Balaban J connectivity index is 0.00000225. The first kappa shape index (κ1) is 14.9. The maximum absolute atomic E-state index is 11.1. The minimum absolute atomic E-state index is 0. The first-order valence-corrected chi connectivity index (χ1v) is 5.06. The Hall–Kier alpha value is -1.10. The number of carbonyl (C=O) groups excluding carboxylic acids is 1. The quantitative estimate of drug-likeness (QED) is 0.534. The van der Waals surface area contributed by atoms with Crippen LogP contribution in [0.2, 0.25) is 0 Å². The zero-order valence-corrected chi connectivity index (χ0v) is 9.87. The van der Waals surface area contributed by atoms with Crippen molar-refractivity contribution < 1.29 is 27.8 Å². The molecule has 0 radical (unpaired) electrons. The van der Waals surface area contributed by atoms with Crippen molar-refractivity contribution in [1.29, 1.82) is 0 Å². The van der Waals surface area contributed by atoms with Crippen molar-refractivity contribution in [1.82, 2.24) is 5.48 Å². The summed E-state index contributed by atoms with van der Waals surface area (Å²) in [4.78, 5) is 16.2. The van der Waals surface area contributed by atoms with Gasteiger partial charge in [-0.1, -0.05) is 30.3 Å². The molecule has 4 N–H and O–H groups in total. The molecule has 0 aliphatic heterocycles. The van der Waals surface area contributed by atoms with E-state index in [0.717, 1.165) is 18.5 Å². The van der Waals surface area contributed by atoms with Crippen LogP contribution < -0.4 is 23.6 Å². The molecule has 4 nitrogen and oxygen atoms in total. The van der Waals surface area contributed by atoms with Crippen molar-refractivity contribution >= 4 is 5.91 Å². The molecule has 1 rings (SSSR count). The molecule has 16 heavy (non-hydrogen) atoms. The van der Waals surface area contributed by atoms with Gasteiger partial charge in [0.2, 0.25) is 5.91 Å². The number of quaternary nitrogens is 1. The van der Waals surface area contributed by atoms with E-state index in [4.69, 9.17) is 4.84 Å². The van der Waals surface area contributed by atoms with Crippen LogP contribution in [0.4, 0.5) is 0 Å². The highest BCUT2D eigenvalue weighted by Gasteiger charge is 2.00. The van der Waals surface area contributed by atoms with E-state index < -0.39 is 0 Å². The summed E-state index contributed by atoms with van der Waals surface area (Å²) in [5.74, 6) is -0.0884. The predicted molar refractivity (Wildman–Crippen MR) is 56.4 cm³/mol. The molecule has 0 fully saturated rings. The minimum atomic E-state index is -0.0884. The summed E-state index contributed by atoms with van der Waals surface area (Å²) in [5.41, 5.74) is 7.10. The summed E-state index contributed by atoms with van der Waals surface area (Å²) < 4.78 is 0. The van der Waals surface area contributed by atoms with Crippen molar-refractivity contribution in [2.75, 3.05) is 6.54 Å². The Morgan fingerprint density at radius 3 is 2.62 bits per heavy atom. The van der Waals surface area contributed by atoms with E-state index in [2.05, 4.69) is 11.2 Å². The van der Waals surface area contributed by atoms with Gasteiger partial charge in [-0.2, -0.15) is 0 Å². The normalized spacial score (nSPS) is 9.31. The van der Waals surface area contributed by atoms with Crippen LogP contribution in [-0.2, 0) is 16.2 Å². The second-order valence-electron chi connectivity index (χ2n) is 3.26. The summed E-state index contributed by atoms with van der Waals surface area (Å²) in [7, 11) is 0. The summed E-state index contributed by atoms with van der Waals surface area (Å²) >= 11 is 0. The highest BCUT2D eigenvalue weighted by atomic mass is 35.5. The van der Waals surface area contributed by atoms with Crippen LogP contribution in [0, 0.1) is 0 Å². The lowest BCUT2D eigenvalue weighted by Crippen LogP contribution is -3.00. The maximum Gasteiger partial charge on any atom is 0.243 e. The molecule has 0 heterocycles. The monoisotopic (exact) mass is 244 g/mol. The number of carbonyl (C=O) groups is 1. The molecular formula is C11H17ClN2O2. The lowest BCUT2D eigenvalue weighted by atomic mass is 10.2. The van der Waals surface area contributed by atoms with Gasteiger partial charge in [0.1, 0.15) is 0 Å². The van der Waals surface area contributed by atoms with Crippen molar-refractivity contribution in [3.05, 3.63) is 35.9 Å². The van der Waals surface area contributed by atoms with E-state index in [1.807, 2.05) is 30.3 Å². The van der Waals surface area contributed by atoms with E-state index in [9.17, 15) is 4.79 Å². The number of hydrogen-bond acceptors (Lipinski definition) is 2. The molecule has 0 saturated heterocycles. The van der Waals surface area contributed by atoms with Crippen molar-refractivity contribution in [2.24, 2.45) is 0 Å². The molecule has 0 unspecified atom stereocenters. The fourth-order valence-corrected chi connectivity index (χ4v) is 1.11. The average Bonchev–Trinajstić information content (AvgIpc) is 2.28. The number of benzene rings is 1. The van der Waals surface area contributed by atoms with Gasteiger partial charge in [-0.25, -0.2) is 5.48 Å². The van der Waals surface area contributed by atoms with E-state index in [1.54, 1.807) is 0 Å². The van der Waals surface area contributed by atoms with Gasteiger partial charge in [-0.05, 0) is 5.56 Å². The molecule has 0 aliphatic carbocycles. The summed E-state index contributed by atoms with van der Waals surface area (Å²) in [5, 5.41) is 0. The largest absolute Gasteiger partial charge is 1.00 e. The number of hydroxylamine groups is 1. The average molecular weight is 245 g/mol. The lowest BCUT2D eigenvalue weighted by Gasteiger charge is -2.04. The van der Waals surface area contributed by atoms with Crippen LogP contribution in [0.15, 0.2) is 30.3 Å². The highest BCUT2D eigenvalue weighted by Crippen LogP contribution is 1.99. The smallest absolute Gasteiger partial charge is 0.243 e. The highest BCUT2D eigenvalue weighted by molar-refractivity contribution is 5.74. The first-order chi connectivity index (χ1) is 7.33. The van der Waals surface area contributed by atoms with Crippen molar-refractivity contribution in [2.45, 2.75) is 19.4 Å². The van der Waals surface area contributed by atoms with E-state index in [-0.39, 0.29) is 18.3 Å². The van der Waals surface area contributed by atoms with Gasteiger partial charge in [-0.3, -0.25) is 9.63 Å². The molecular weight excluding hydrogens is 228 g/mol. The van der Waals surface area contributed by atoms with Crippen LogP contribution in [0.25, 0.3) is 0 Å². The molecule has 0 spiro atoms. The molecule has 0 atom stereocenters. The minimum Gasteiger partial charge on any atom is -1.00 e. The Labute approximate surface area is 102 Å². The molecule has 1 aromatic rings. The third-order valence-corrected chi connectivity index (χ3v) is 1.92. The zero-order chi connectivity index (χ0) is 10.9. The number of halogens is 1. The van der Waals surface area contributed by atoms with Gasteiger partial charge in [0.05, 0.1) is 13.2 Å². The third-order valence-electron chi connectivity index (χ3n) is 1.92. The first-order valence-electron chi connectivity index (χ1n) is 5.06. The molecule has 0 aliphatic rings. The van der Waals surface area contributed by atoms with Gasteiger partial charge in [0, 0.05) is 12.8 Å². The molecule has 0 saturated carbocycles. The van der Waals surface area contributed by atoms with Crippen LogP contribution >= 0.6 is 0 Å². The van der Waals surface area contributed by atoms with Crippen LogP contribution in [-0.4, -0.2) is 12.5 Å². The summed E-state index contributed by atoms with van der Waals surface area (Å²) in [6.07, 6.45) is 1.26. The van der Waals surface area contributed by atoms with Crippen molar-refractivity contribution in [3.63, 3.8) is 0 Å². The maximum atomic E-state index is 11.1. The molecule has 0 aromatic heterocycles. The van der Waals surface area contributed by atoms with Gasteiger partial charge in [0.15, 0.2) is 0 Å². The van der Waals surface area contributed by atoms with Crippen molar-refractivity contribution in [3.8, 4) is 0 Å². The number of hydrogen-bond donors (Lipinski definition) is 2. The molecule has 1 amide bonds. The molecule has 1 aromatic carbocycles. The Kier molecular flexibility index (Phi) is 8.52. The van der Waals surface area contributed by atoms with E-state index in [1.165, 1.54) is 0 Å². The fourth-order valence-electron chi connectivity index (χ4n) is 1.11. The zero-order valence-electron chi connectivity index (χ0n) is 9.12. The van der Waals surface area contributed by atoms with Gasteiger partial charge < -0.3 is 18.1 Å². The summed E-state index contributed by atoms with van der Waals surface area (Å²) in [6, 6.07) is 9.70. The topological polar surface area (TPSA) is 66.0 Å². The van der Waals surface area contributed by atoms with Gasteiger partial charge >= 0.3 is 0 Å². The standard InChI is InChI=1S/C11H16N2O2.ClH/c12-8-4-7-11(14)13-15-9-10-5-2-1-3-6-10;/h1-3,5-6H,4,7-9,12H2,(H,13,14);1H. The third kappa shape index (κ3) is 6.40. The second-order valence-corrected chi connectivity index (χ2v) is 3.26. The lowest BCUT2D eigenvalue weighted by molar-refractivity contribution is -0.368. The van der Waals surface area contributed by atoms with Gasteiger partial charge in [-0.15, -0.1) is 0 Å². The SMILES string of the molecule is [Cl-].[NH3+]CCCC(=O)NOCc1ccccc1.